The normalized spacial score (nSPS) is 12.8. The Kier molecular flexibility index (Phi) is 5.78. The van der Waals surface area contributed by atoms with Gasteiger partial charge in [-0.2, -0.15) is 5.10 Å². The smallest absolute Gasteiger partial charge is 0.138 e. The van der Waals surface area contributed by atoms with Gasteiger partial charge in [0.15, 0.2) is 0 Å². The molecule has 2 rings (SSSR count). The SMILES string of the molecule is CC(C)n1ncnc1CC(CBr)Cc1cccc(Br)c1. The van der Waals surface area contributed by atoms with Crippen LogP contribution in [0.4, 0.5) is 0 Å². The molecule has 108 valence electrons. The van der Waals surface area contributed by atoms with Gasteiger partial charge >= 0.3 is 0 Å². The average Bonchev–Trinajstić information content (AvgIpc) is 2.86. The molecule has 20 heavy (non-hydrogen) atoms. The van der Waals surface area contributed by atoms with E-state index in [4.69, 9.17) is 0 Å². The quantitative estimate of drug-likeness (QED) is 0.672. The van der Waals surface area contributed by atoms with Crippen molar-refractivity contribution in [1.82, 2.24) is 14.8 Å². The zero-order valence-electron chi connectivity index (χ0n) is 11.8. The van der Waals surface area contributed by atoms with Gasteiger partial charge in [-0.1, -0.05) is 44.0 Å². The Morgan fingerprint density at radius 2 is 2.05 bits per heavy atom. The maximum absolute atomic E-state index is 4.41. The number of hydrogen-bond donors (Lipinski definition) is 0. The molecule has 0 saturated carbocycles. The van der Waals surface area contributed by atoms with E-state index in [9.17, 15) is 0 Å². The molecule has 1 aromatic heterocycles. The van der Waals surface area contributed by atoms with E-state index >= 15 is 0 Å². The maximum atomic E-state index is 4.41. The summed E-state index contributed by atoms with van der Waals surface area (Å²) in [6, 6.07) is 8.86. The Morgan fingerprint density at radius 3 is 2.70 bits per heavy atom. The molecule has 0 spiro atoms. The highest BCUT2D eigenvalue weighted by molar-refractivity contribution is 9.10. The van der Waals surface area contributed by atoms with Gasteiger partial charge in [-0.15, -0.1) is 0 Å². The van der Waals surface area contributed by atoms with E-state index in [1.54, 1.807) is 6.33 Å². The second-order valence-electron chi connectivity index (χ2n) is 5.27. The molecule has 0 aliphatic rings. The summed E-state index contributed by atoms with van der Waals surface area (Å²) in [5, 5.41) is 5.27. The van der Waals surface area contributed by atoms with Gasteiger partial charge in [-0.3, -0.25) is 0 Å². The van der Waals surface area contributed by atoms with E-state index < -0.39 is 0 Å². The van der Waals surface area contributed by atoms with Crippen LogP contribution in [0.2, 0.25) is 0 Å². The number of rotatable bonds is 6. The zero-order chi connectivity index (χ0) is 14.5. The molecule has 1 atom stereocenters. The van der Waals surface area contributed by atoms with Crippen LogP contribution in [0.25, 0.3) is 0 Å². The summed E-state index contributed by atoms with van der Waals surface area (Å²) in [7, 11) is 0. The molecular formula is C15H19Br2N3. The third-order valence-electron chi connectivity index (χ3n) is 3.24. The molecule has 0 fully saturated rings. The average molecular weight is 401 g/mol. The van der Waals surface area contributed by atoms with Gasteiger partial charge < -0.3 is 0 Å². The van der Waals surface area contributed by atoms with Crippen LogP contribution in [0, 0.1) is 5.92 Å². The Labute approximate surface area is 137 Å². The molecule has 0 radical (unpaired) electrons. The Balaban J connectivity index is 2.07. The third-order valence-corrected chi connectivity index (χ3v) is 4.65. The van der Waals surface area contributed by atoms with Gasteiger partial charge in [0.1, 0.15) is 12.2 Å². The molecule has 2 aromatic rings. The molecular weight excluding hydrogens is 382 g/mol. The molecule has 0 aliphatic carbocycles. The molecule has 1 aromatic carbocycles. The largest absolute Gasteiger partial charge is 0.248 e. The lowest BCUT2D eigenvalue weighted by Crippen LogP contribution is -2.16. The van der Waals surface area contributed by atoms with Crippen LogP contribution in [-0.2, 0) is 12.8 Å². The summed E-state index contributed by atoms with van der Waals surface area (Å²) in [6.07, 6.45) is 3.63. The van der Waals surface area contributed by atoms with E-state index in [-0.39, 0.29) is 0 Å². The van der Waals surface area contributed by atoms with E-state index in [0.29, 0.717) is 12.0 Å². The fraction of sp³-hybridized carbons (Fsp3) is 0.467. The van der Waals surface area contributed by atoms with Crippen molar-refractivity contribution in [3.63, 3.8) is 0 Å². The predicted molar refractivity (Wildman–Crippen MR) is 89.2 cm³/mol. The standard InChI is InChI=1S/C15H19Br2N3/c1-11(2)20-15(18-10-19-20)8-13(9-16)6-12-4-3-5-14(17)7-12/h3-5,7,10-11,13H,6,8-9H2,1-2H3. The van der Waals surface area contributed by atoms with Gasteiger partial charge in [0.2, 0.25) is 0 Å². The van der Waals surface area contributed by atoms with Crippen molar-refractivity contribution >= 4 is 31.9 Å². The number of benzene rings is 1. The maximum Gasteiger partial charge on any atom is 0.138 e. The van der Waals surface area contributed by atoms with E-state index in [1.807, 2.05) is 4.68 Å². The van der Waals surface area contributed by atoms with Crippen LogP contribution < -0.4 is 0 Å². The van der Waals surface area contributed by atoms with Gasteiger partial charge in [-0.05, 0) is 43.9 Å². The minimum Gasteiger partial charge on any atom is -0.248 e. The van der Waals surface area contributed by atoms with Crippen molar-refractivity contribution in [2.45, 2.75) is 32.7 Å². The van der Waals surface area contributed by atoms with Gasteiger partial charge in [0.05, 0.1) is 0 Å². The molecule has 0 N–H and O–H groups in total. The number of hydrogen-bond acceptors (Lipinski definition) is 2. The molecule has 1 heterocycles. The van der Waals surface area contributed by atoms with E-state index in [0.717, 1.165) is 28.5 Å². The number of nitrogens with zero attached hydrogens (tertiary/aromatic N) is 3. The van der Waals surface area contributed by atoms with E-state index in [2.05, 4.69) is 80.1 Å². The van der Waals surface area contributed by atoms with Crippen LogP contribution in [0.3, 0.4) is 0 Å². The first-order valence-electron chi connectivity index (χ1n) is 6.79. The van der Waals surface area contributed by atoms with Crippen LogP contribution in [0.15, 0.2) is 35.1 Å². The summed E-state index contributed by atoms with van der Waals surface area (Å²) in [5.41, 5.74) is 1.35. The molecule has 0 amide bonds. The van der Waals surface area contributed by atoms with Gasteiger partial charge in [0, 0.05) is 22.3 Å². The highest BCUT2D eigenvalue weighted by Crippen LogP contribution is 2.19. The first kappa shape index (κ1) is 15.7. The van der Waals surface area contributed by atoms with E-state index in [1.165, 1.54) is 5.56 Å². The van der Waals surface area contributed by atoms with Crippen LogP contribution in [-0.4, -0.2) is 20.1 Å². The second kappa shape index (κ2) is 7.36. The lowest BCUT2D eigenvalue weighted by atomic mass is 9.98. The number of alkyl halides is 1. The van der Waals surface area contributed by atoms with Crippen LogP contribution >= 0.6 is 31.9 Å². The molecule has 0 saturated heterocycles. The second-order valence-corrected chi connectivity index (χ2v) is 6.84. The zero-order valence-corrected chi connectivity index (χ0v) is 14.9. The Hall–Kier alpha value is -0.680. The minimum absolute atomic E-state index is 0.356. The third kappa shape index (κ3) is 4.16. The van der Waals surface area contributed by atoms with Crippen LogP contribution in [0.5, 0.6) is 0 Å². The van der Waals surface area contributed by atoms with Gasteiger partial charge in [0.25, 0.3) is 0 Å². The summed E-state index contributed by atoms with van der Waals surface area (Å²) in [4.78, 5) is 4.41. The van der Waals surface area contributed by atoms with Crippen LogP contribution in [0.1, 0.15) is 31.3 Å². The molecule has 3 nitrogen and oxygen atoms in total. The summed E-state index contributed by atoms with van der Waals surface area (Å²) >= 11 is 7.16. The lowest BCUT2D eigenvalue weighted by molar-refractivity contribution is 0.473. The van der Waals surface area contributed by atoms with Gasteiger partial charge in [-0.25, -0.2) is 9.67 Å². The fourth-order valence-electron chi connectivity index (χ4n) is 2.29. The monoisotopic (exact) mass is 399 g/mol. The number of halogens is 2. The molecule has 5 heteroatoms. The molecule has 0 aliphatic heterocycles. The fourth-order valence-corrected chi connectivity index (χ4v) is 3.19. The topological polar surface area (TPSA) is 30.7 Å². The lowest BCUT2D eigenvalue weighted by Gasteiger charge is -2.16. The summed E-state index contributed by atoms with van der Waals surface area (Å²) < 4.78 is 3.14. The van der Waals surface area contributed by atoms with Crippen molar-refractivity contribution < 1.29 is 0 Å². The first-order chi connectivity index (χ1) is 9.60. The van der Waals surface area contributed by atoms with Crippen molar-refractivity contribution in [1.29, 1.82) is 0 Å². The van der Waals surface area contributed by atoms with Crippen molar-refractivity contribution in [2.75, 3.05) is 5.33 Å². The minimum atomic E-state index is 0.356. The van der Waals surface area contributed by atoms with Crippen molar-refractivity contribution in [3.8, 4) is 0 Å². The van der Waals surface area contributed by atoms with Crippen molar-refractivity contribution in [3.05, 3.63) is 46.5 Å². The summed E-state index contributed by atoms with van der Waals surface area (Å²) in [6.45, 7) is 4.27. The summed E-state index contributed by atoms with van der Waals surface area (Å²) in [5.74, 6) is 1.59. The number of aromatic nitrogens is 3. The highest BCUT2D eigenvalue weighted by Gasteiger charge is 2.15. The van der Waals surface area contributed by atoms with Crippen molar-refractivity contribution in [2.24, 2.45) is 5.92 Å². The Morgan fingerprint density at radius 1 is 1.25 bits per heavy atom. The Bertz CT molecular complexity index is 552. The molecule has 1 unspecified atom stereocenters. The predicted octanol–water partition coefficient (Wildman–Crippen LogP) is 4.42. The highest BCUT2D eigenvalue weighted by atomic mass is 79.9. The first-order valence-corrected chi connectivity index (χ1v) is 8.70. The molecule has 0 bridgehead atoms.